The highest BCUT2D eigenvalue weighted by Gasteiger charge is 2.23. The smallest absolute Gasteiger partial charge is 0.137 e. The van der Waals surface area contributed by atoms with Gasteiger partial charge in [-0.25, -0.2) is 0 Å². The van der Waals surface area contributed by atoms with Crippen LogP contribution < -0.4 is 4.90 Å². The van der Waals surface area contributed by atoms with Gasteiger partial charge in [0, 0.05) is 41.5 Å². The van der Waals surface area contributed by atoms with Crippen LogP contribution in [0.2, 0.25) is 0 Å². The summed E-state index contributed by atoms with van der Waals surface area (Å²) < 4.78 is 6.03. The number of fused-ring (bicyclic) bond motifs is 3. The third-order valence-corrected chi connectivity index (χ3v) is 4.64. The molecule has 1 aliphatic rings. The van der Waals surface area contributed by atoms with E-state index in [1.165, 1.54) is 22.0 Å². The maximum Gasteiger partial charge on any atom is 0.137 e. The van der Waals surface area contributed by atoms with Gasteiger partial charge in [-0.1, -0.05) is 18.2 Å². The zero-order chi connectivity index (χ0) is 15.3. The van der Waals surface area contributed by atoms with Crippen LogP contribution in [0.15, 0.2) is 53.2 Å². The summed E-state index contributed by atoms with van der Waals surface area (Å²) in [4.78, 5) is 4.63. The van der Waals surface area contributed by atoms with Crippen molar-refractivity contribution in [1.29, 1.82) is 0 Å². The molecule has 1 atom stereocenters. The summed E-state index contributed by atoms with van der Waals surface area (Å²) in [6.07, 6.45) is 4.66. The monoisotopic (exact) mass is 292 g/mol. The van der Waals surface area contributed by atoms with Crippen molar-refractivity contribution in [3.05, 3.63) is 54.4 Å². The highest BCUT2D eigenvalue weighted by atomic mass is 16.3. The number of para-hydroxylation sites is 1. The number of nitrogens with zero attached hydrogens (tertiary/aromatic N) is 2. The highest BCUT2D eigenvalue weighted by molar-refractivity contribution is 6.06. The number of hydrogen-bond acceptors (Lipinski definition) is 3. The molecule has 0 bridgehead atoms. The van der Waals surface area contributed by atoms with Gasteiger partial charge in [0.15, 0.2) is 0 Å². The van der Waals surface area contributed by atoms with Crippen LogP contribution in [0, 0.1) is 6.92 Å². The minimum atomic E-state index is 0.338. The van der Waals surface area contributed by atoms with Gasteiger partial charge in [0.1, 0.15) is 17.3 Å². The molecule has 3 nitrogen and oxygen atoms in total. The SMILES string of the molecule is CCN1C=CN(c2cc3oc4ccccc4c3cc2C)[C@H]1C. The standard InChI is InChI=1S/C19H20N2O/c1-4-20-9-10-21(14(20)3)17-12-19-16(11-13(17)2)15-7-5-6-8-18(15)22-19/h5-12,14H,4H2,1-3H3/t14-/m0/s1. The van der Waals surface area contributed by atoms with Gasteiger partial charge in [-0.2, -0.15) is 0 Å². The van der Waals surface area contributed by atoms with Gasteiger partial charge in [-0.05, 0) is 38.5 Å². The van der Waals surface area contributed by atoms with Crippen molar-refractivity contribution >= 4 is 27.6 Å². The van der Waals surface area contributed by atoms with Crippen molar-refractivity contribution in [3.63, 3.8) is 0 Å². The van der Waals surface area contributed by atoms with E-state index in [1.54, 1.807) is 0 Å². The normalized spacial score (nSPS) is 18.0. The Hall–Kier alpha value is -2.42. The van der Waals surface area contributed by atoms with Crippen LogP contribution in [0.25, 0.3) is 21.9 Å². The molecule has 112 valence electrons. The lowest BCUT2D eigenvalue weighted by Gasteiger charge is -2.29. The van der Waals surface area contributed by atoms with Gasteiger partial charge >= 0.3 is 0 Å². The minimum Gasteiger partial charge on any atom is -0.456 e. The molecule has 0 amide bonds. The Morgan fingerprint density at radius 1 is 1.05 bits per heavy atom. The second-order valence-electron chi connectivity index (χ2n) is 5.90. The van der Waals surface area contributed by atoms with Crippen LogP contribution in [0.5, 0.6) is 0 Å². The van der Waals surface area contributed by atoms with Crippen LogP contribution in [0.4, 0.5) is 5.69 Å². The van der Waals surface area contributed by atoms with E-state index in [1.807, 2.05) is 12.1 Å². The molecule has 0 aliphatic carbocycles. The third-order valence-electron chi connectivity index (χ3n) is 4.64. The molecule has 2 aromatic carbocycles. The van der Waals surface area contributed by atoms with Crippen molar-refractivity contribution < 1.29 is 4.42 Å². The van der Waals surface area contributed by atoms with Gasteiger partial charge in [0.2, 0.25) is 0 Å². The van der Waals surface area contributed by atoms with Crippen LogP contribution in [0.3, 0.4) is 0 Å². The summed E-state index contributed by atoms with van der Waals surface area (Å²) in [7, 11) is 0. The average molecular weight is 292 g/mol. The Kier molecular flexibility index (Phi) is 2.89. The summed E-state index contributed by atoms with van der Waals surface area (Å²) in [6, 6.07) is 12.6. The average Bonchev–Trinajstić information content (AvgIpc) is 3.07. The van der Waals surface area contributed by atoms with Crippen LogP contribution in [0.1, 0.15) is 19.4 Å². The molecule has 1 aliphatic heterocycles. The second kappa shape index (κ2) is 4.80. The zero-order valence-electron chi connectivity index (χ0n) is 13.2. The fourth-order valence-corrected chi connectivity index (χ4v) is 3.36. The Bertz CT molecular complexity index is 878. The quantitative estimate of drug-likeness (QED) is 0.673. The van der Waals surface area contributed by atoms with Gasteiger partial charge in [-0.3, -0.25) is 0 Å². The van der Waals surface area contributed by atoms with Gasteiger partial charge in [-0.15, -0.1) is 0 Å². The van der Waals surface area contributed by atoms with Crippen LogP contribution >= 0.6 is 0 Å². The van der Waals surface area contributed by atoms with Crippen molar-refractivity contribution in [3.8, 4) is 0 Å². The summed E-state index contributed by atoms with van der Waals surface area (Å²) in [5.41, 5.74) is 4.39. The van der Waals surface area contributed by atoms with E-state index >= 15 is 0 Å². The first kappa shape index (κ1) is 13.3. The Labute approximate surface area is 130 Å². The number of rotatable bonds is 2. The largest absolute Gasteiger partial charge is 0.456 e. The topological polar surface area (TPSA) is 19.6 Å². The molecule has 0 spiro atoms. The Balaban J connectivity index is 1.87. The Morgan fingerprint density at radius 2 is 1.86 bits per heavy atom. The maximum absolute atomic E-state index is 6.03. The van der Waals surface area contributed by atoms with E-state index in [-0.39, 0.29) is 0 Å². The number of aryl methyl sites for hydroxylation is 1. The molecule has 0 radical (unpaired) electrons. The molecule has 0 saturated carbocycles. The fraction of sp³-hybridized carbons (Fsp3) is 0.263. The lowest BCUT2D eigenvalue weighted by molar-refractivity contribution is 0.335. The molecule has 0 fully saturated rings. The first-order valence-electron chi connectivity index (χ1n) is 7.83. The van der Waals surface area contributed by atoms with E-state index in [2.05, 4.69) is 67.2 Å². The zero-order valence-corrected chi connectivity index (χ0v) is 13.2. The molecular formula is C19H20N2O. The summed E-state index contributed by atoms with van der Waals surface area (Å²) in [5.74, 6) is 0. The third kappa shape index (κ3) is 1.82. The maximum atomic E-state index is 6.03. The van der Waals surface area contributed by atoms with Crippen molar-refractivity contribution in [2.24, 2.45) is 0 Å². The van der Waals surface area contributed by atoms with Gasteiger partial charge in [0.05, 0.1) is 0 Å². The molecular weight excluding hydrogens is 272 g/mol. The van der Waals surface area contributed by atoms with Crippen molar-refractivity contribution in [1.82, 2.24) is 4.90 Å². The van der Waals surface area contributed by atoms with E-state index in [9.17, 15) is 0 Å². The van der Waals surface area contributed by atoms with Crippen molar-refractivity contribution in [2.75, 3.05) is 11.4 Å². The van der Waals surface area contributed by atoms with Crippen LogP contribution in [-0.4, -0.2) is 17.6 Å². The highest BCUT2D eigenvalue weighted by Crippen LogP contribution is 2.35. The van der Waals surface area contributed by atoms with E-state index in [4.69, 9.17) is 4.42 Å². The first-order chi connectivity index (χ1) is 10.7. The molecule has 3 heteroatoms. The van der Waals surface area contributed by atoms with Gasteiger partial charge < -0.3 is 14.2 Å². The van der Waals surface area contributed by atoms with Crippen molar-refractivity contribution in [2.45, 2.75) is 26.9 Å². The predicted octanol–water partition coefficient (Wildman–Crippen LogP) is 4.85. The predicted molar refractivity (Wildman–Crippen MR) is 91.9 cm³/mol. The number of anilines is 1. The fourth-order valence-electron chi connectivity index (χ4n) is 3.36. The lowest BCUT2D eigenvalue weighted by Crippen LogP contribution is -2.35. The molecule has 22 heavy (non-hydrogen) atoms. The van der Waals surface area contributed by atoms with E-state index in [0.29, 0.717) is 6.17 Å². The summed E-state index contributed by atoms with van der Waals surface area (Å²) >= 11 is 0. The van der Waals surface area contributed by atoms with E-state index < -0.39 is 0 Å². The van der Waals surface area contributed by atoms with Gasteiger partial charge in [0.25, 0.3) is 0 Å². The summed E-state index contributed by atoms with van der Waals surface area (Å²) in [6.45, 7) is 7.59. The first-order valence-corrected chi connectivity index (χ1v) is 7.83. The molecule has 0 N–H and O–H groups in total. The molecule has 3 aromatic rings. The molecule has 0 saturated heterocycles. The molecule has 1 aromatic heterocycles. The number of benzene rings is 2. The second-order valence-corrected chi connectivity index (χ2v) is 5.90. The Morgan fingerprint density at radius 3 is 2.64 bits per heavy atom. The molecule has 0 unspecified atom stereocenters. The minimum absolute atomic E-state index is 0.338. The molecule has 4 rings (SSSR count). The van der Waals surface area contributed by atoms with Crippen LogP contribution in [-0.2, 0) is 0 Å². The molecule has 2 heterocycles. The number of hydrogen-bond donors (Lipinski definition) is 0. The summed E-state index contributed by atoms with van der Waals surface area (Å²) in [5, 5.41) is 2.38. The van der Waals surface area contributed by atoms with E-state index in [0.717, 1.165) is 17.7 Å². The lowest BCUT2D eigenvalue weighted by atomic mass is 10.1. The number of furan rings is 1.